The summed E-state index contributed by atoms with van der Waals surface area (Å²) in [5, 5.41) is 2.76. The third-order valence-electron chi connectivity index (χ3n) is 4.00. The van der Waals surface area contributed by atoms with E-state index in [1.165, 1.54) is 10.4 Å². The zero-order chi connectivity index (χ0) is 17.0. The number of primary amides is 1. The highest BCUT2D eigenvalue weighted by atomic mass is 32.2. The molecule has 0 atom stereocenters. The average Bonchev–Trinajstić information content (AvgIpc) is 2.55. The van der Waals surface area contributed by atoms with Crippen molar-refractivity contribution in [3.63, 3.8) is 0 Å². The minimum atomic E-state index is -3.19. The Kier molecular flexibility index (Phi) is 5.38. The number of hydrogen-bond donors (Lipinski definition) is 2. The Labute approximate surface area is 135 Å². The number of carbonyl (C=O) groups excluding carboxylic acids is 2. The van der Waals surface area contributed by atoms with Crippen LogP contribution in [-0.4, -0.2) is 43.4 Å². The molecule has 0 bridgehead atoms. The molecule has 1 aromatic rings. The second kappa shape index (κ2) is 7.10. The molecule has 0 aromatic heterocycles. The van der Waals surface area contributed by atoms with Gasteiger partial charge in [-0.25, -0.2) is 12.7 Å². The lowest BCUT2D eigenvalue weighted by atomic mass is 9.97. The molecule has 1 aliphatic rings. The van der Waals surface area contributed by atoms with E-state index in [4.69, 9.17) is 5.73 Å². The SMILES string of the molecule is CCS(=O)(=O)N1CCC(C(=O)Nc2cccc(C(N)=O)c2)CC1. The van der Waals surface area contributed by atoms with E-state index in [1.54, 1.807) is 25.1 Å². The first kappa shape index (κ1) is 17.4. The van der Waals surface area contributed by atoms with E-state index >= 15 is 0 Å². The predicted octanol–water partition coefficient (Wildman–Crippen LogP) is 0.786. The highest BCUT2D eigenvalue weighted by molar-refractivity contribution is 7.89. The zero-order valence-corrected chi connectivity index (χ0v) is 13.8. The monoisotopic (exact) mass is 339 g/mol. The van der Waals surface area contributed by atoms with E-state index in [9.17, 15) is 18.0 Å². The second-order valence-corrected chi connectivity index (χ2v) is 7.77. The van der Waals surface area contributed by atoms with Crippen molar-refractivity contribution in [2.24, 2.45) is 11.7 Å². The molecule has 2 amide bonds. The number of sulfonamides is 1. The number of carbonyl (C=O) groups is 2. The summed E-state index contributed by atoms with van der Waals surface area (Å²) < 4.78 is 25.0. The predicted molar refractivity (Wildman–Crippen MR) is 87.3 cm³/mol. The number of benzene rings is 1. The van der Waals surface area contributed by atoms with Crippen LogP contribution in [0.5, 0.6) is 0 Å². The Morgan fingerprint density at radius 1 is 1.30 bits per heavy atom. The Morgan fingerprint density at radius 3 is 2.52 bits per heavy atom. The number of amides is 2. The molecular formula is C15H21N3O4S. The summed E-state index contributed by atoms with van der Waals surface area (Å²) in [5.41, 5.74) is 6.05. The first-order valence-electron chi connectivity index (χ1n) is 7.52. The van der Waals surface area contributed by atoms with E-state index in [0.29, 0.717) is 37.2 Å². The van der Waals surface area contributed by atoms with Gasteiger partial charge >= 0.3 is 0 Å². The number of nitrogens with zero attached hydrogens (tertiary/aromatic N) is 1. The minimum absolute atomic E-state index is 0.0732. The number of anilines is 1. The molecule has 0 radical (unpaired) electrons. The summed E-state index contributed by atoms with van der Waals surface area (Å²) in [6, 6.07) is 6.43. The van der Waals surface area contributed by atoms with Crippen molar-refractivity contribution >= 4 is 27.5 Å². The smallest absolute Gasteiger partial charge is 0.248 e. The number of rotatable bonds is 5. The Bertz CT molecular complexity index is 694. The maximum atomic E-state index is 12.3. The molecule has 0 spiro atoms. The van der Waals surface area contributed by atoms with Crippen molar-refractivity contribution in [2.75, 3.05) is 24.2 Å². The molecule has 1 aromatic carbocycles. The molecule has 0 unspecified atom stereocenters. The van der Waals surface area contributed by atoms with Crippen LogP contribution >= 0.6 is 0 Å². The van der Waals surface area contributed by atoms with Crippen LogP contribution in [0.3, 0.4) is 0 Å². The average molecular weight is 339 g/mol. The minimum Gasteiger partial charge on any atom is -0.366 e. The standard InChI is InChI=1S/C15H21N3O4S/c1-2-23(21,22)18-8-6-11(7-9-18)15(20)17-13-5-3-4-12(10-13)14(16)19/h3-5,10-11H,2,6-9H2,1H3,(H2,16,19)(H,17,20). The molecule has 1 saturated heterocycles. The lowest BCUT2D eigenvalue weighted by Crippen LogP contribution is -2.42. The van der Waals surface area contributed by atoms with Gasteiger partial charge in [0.25, 0.3) is 0 Å². The van der Waals surface area contributed by atoms with Crippen LogP contribution in [0.2, 0.25) is 0 Å². The van der Waals surface area contributed by atoms with E-state index in [2.05, 4.69) is 5.32 Å². The van der Waals surface area contributed by atoms with Crippen LogP contribution in [0.1, 0.15) is 30.1 Å². The molecule has 2 rings (SSSR count). The van der Waals surface area contributed by atoms with Gasteiger partial charge in [0, 0.05) is 30.3 Å². The first-order valence-corrected chi connectivity index (χ1v) is 9.13. The normalized spacial score (nSPS) is 16.9. The van der Waals surface area contributed by atoms with Crippen LogP contribution in [0.15, 0.2) is 24.3 Å². The van der Waals surface area contributed by atoms with Crippen LogP contribution in [0.25, 0.3) is 0 Å². The fourth-order valence-corrected chi connectivity index (χ4v) is 3.71. The number of hydrogen-bond acceptors (Lipinski definition) is 4. The lowest BCUT2D eigenvalue weighted by Gasteiger charge is -2.30. The van der Waals surface area contributed by atoms with E-state index < -0.39 is 15.9 Å². The summed E-state index contributed by atoms with van der Waals surface area (Å²) in [4.78, 5) is 23.4. The summed E-state index contributed by atoms with van der Waals surface area (Å²) in [5.74, 6) is -0.890. The van der Waals surface area contributed by atoms with Gasteiger partial charge in [-0.2, -0.15) is 0 Å². The van der Waals surface area contributed by atoms with Gasteiger partial charge < -0.3 is 11.1 Å². The van der Waals surface area contributed by atoms with E-state index in [-0.39, 0.29) is 17.6 Å². The molecule has 1 aliphatic heterocycles. The van der Waals surface area contributed by atoms with Crippen molar-refractivity contribution in [1.29, 1.82) is 0 Å². The van der Waals surface area contributed by atoms with Gasteiger partial charge in [0.2, 0.25) is 21.8 Å². The molecular weight excluding hydrogens is 318 g/mol. The summed E-state index contributed by atoms with van der Waals surface area (Å²) >= 11 is 0. The van der Waals surface area contributed by atoms with Crippen LogP contribution in [0, 0.1) is 5.92 Å². The molecule has 1 fully saturated rings. The second-order valence-electron chi connectivity index (χ2n) is 5.51. The summed E-state index contributed by atoms with van der Waals surface area (Å²) in [7, 11) is -3.19. The van der Waals surface area contributed by atoms with Gasteiger partial charge in [-0.15, -0.1) is 0 Å². The van der Waals surface area contributed by atoms with Gasteiger partial charge in [-0.05, 0) is 38.0 Å². The van der Waals surface area contributed by atoms with E-state index in [0.717, 1.165) is 0 Å². The van der Waals surface area contributed by atoms with Crippen LogP contribution in [-0.2, 0) is 14.8 Å². The maximum Gasteiger partial charge on any atom is 0.248 e. The van der Waals surface area contributed by atoms with Gasteiger partial charge in [0.05, 0.1) is 5.75 Å². The lowest BCUT2D eigenvalue weighted by molar-refractivity contribution is -0.120. The van der Waals surface area contributed by atoms with Gasteiger partial charge in [-0.3, -0.25) is 9.59 Å². The summed E-state index contributed by atoms with van der Waals surface area (Å²) in [6.45, 7) is 2.32. The van der Waals surface area contributed by atoms with Crippen molar-refractivity contribution < 1.29 is 18.0 Å². The van der Waals surface area contributed by atoms with E-state index in [1.807, 2.05) is 0 Å². The molecule has 8 heteroatoms. The van der Waals surface area contributed by atoms with Crippen molar-refractivity contribution in [3.05, 3.63) is 29.8 Å². The largest absolute Gasteiger partial charge is 0.366 e. The Hall–Kier alpha value is -1.93. The topological polar surface area (TPSA) is 110 Å². The molecule has 7 nitrogen and oxygen atoms in total. The molecule has 1 heterocycles. The van der Waals surface area contributed by atoms with Gasteiger partial charge in [0.1, 0.15) is 0 Å². The highest BCUT2D eigenvalue weighted by Crippen LogP contribution is 2.22. The molecule has 3 N–H and O–H groups in total. The fraction of sp³-hybridized carbons (Fsp3) is 0.467. The third-order valence-corrected chi connectivity index (χ3v) is 5.88. The molecule has 0 saturated carbocycles. The van der Waals surface area contributed by atoms with Crippen LogP contribution in [0.4, 0.5) is 5.69 Å². The molecule has 23 heavy (non-hydrogen) atoms. The maximum absolute atomic E-state index is 12.3. The molecule has 126 valence electrons. The number of piperidine rings is 1. The molecule has 0 aliphatic carbocycles. The third kappa shape index (κ3) is 4.29. The Morgan fingerprint density at radius 2 is 1.96 bits per heavy atom. The van der Waals surface area contributed by atoms with Crippen molar-refractivity contribution in [2.45, 2.75) is 19.8 Å². The fourth-order valence-electron chi connectivity index (χ4n) is 2.57. The van der Waals surface area contributed by atoms with Gasteiger partial charge in [0.15, 0.2) is 0 Å². The highest BCUT2D eigenvalue weighted by Gasteiger charge is 2.30. The Balaban J connectivity index is 1.96. The number of nitrogens with two attached hydrogens (primary N) is 1. The quantitative estimate of drug-likeness (QED) is 0.826. The van der Waals surface area contributed by atoms with Crippen molar-refractivity contribution in [3.8, 4) is 0 Å². The summed E-state index contributed by atoms with van der Waals surface area (Å²) in [6.07, 6.45) is 0.973. The zero-order valence-electron chi connectivity index (χ0n) is 13.0. The van der Waals surface area contributed by atoms with Crippen LogP contribution < -0.4 is 11.1 Å². The number of nitrogens with one attached hydrogen (secondary N) is 1. The van der Waals surface area contributed by atoms with Gasteiger partial charge in [-0.1, -0.05) is 6.07 Å². The first-order chi connectivity index (χ1) is 10.8. The van der Waals surface area contributed by atoms with Crippen molar-refractivity contribution in [1.82, 2.24) is 4.31 Å².